The Kier molecular flexibility index (Phi) is 7.62. The number of benzene rings is 3. The molecule has 3 rings (SSSR count). The molecule has 0 radical (unpaired) electrons. The molecule has 4 heteroatoms. The molecule has 0 unspecified atom stereocenters. The third-order valence-corrected chi connectivity index (χ3v) is 5.73. The number of thioether (sulfide) groups is 2. The van der Waals surface area contributed by atoms with Crippen LogP contribution in [0.4, 0.5) is 5.69 Å². The zero-order valence-electron chi connectivity index (χ0n) is 14.1. The van der Waals surface area contributed by atoms with E-state index in [0.29, 0.717) is 0 Å². The second kappa shape index (κ2) is 10.4. The van der Waals surface area contributed by atoms with E-state index in [1.54, 1.807) is 23.5 Å². The van der Waals surface area contributed by atoms with Gasteiger partial charge in [-0.3, -0.25) is 0 Å². The van der Waals surface area contributed by atoms with E-state index in [-0.39, 0.29) is 0 Å². The Morgan fingerprint density at radius 3 is 2.35 bits per heavy atom. The molecular formula is C22H18BrNS2. The van der Waals surface area contributed by atoms with Crippen LogP contribution in [-0.4, -0.2) is 5.04 Å². The van der Waals surface area contributed by atoms with Gasteiger partial charge in [0.1, 0.15) is 0 Å². The van der Waals surface area contributed by atoms with Crippen molar-refractivity contribution in [1.29, 1.82) is 0 Å². The molecule has 0 bridgehead atoms. The van der Waals surface area contributed by atoms with Crippen molar-refractivity contribution in [3.8, 4) is 0 Å². The van der Waals surface area contributed by atoms with Gasteiger partial charge in [0.05, 0.1) is 10.7 Å². The largest absolute Gasteiger partial charge is 0.242 e. The van der Waals surface area contributed by atoms with E-state index in [1.165, 1.54) is 10.5 Å². The fourth-order valence-electron chi connectivity index (χ4n) is 2.19. The van der Waals surface area contributed by atoms with Gasteiger partial charge in [0.25, 0.3) is 0 Å². The van der Waals surface area contributed by atoms with Gasteiger partial charge < -0.3 is 0 Å². The number of halogens is 1. The maximum absolute atomic E-state index is 4.79. The summed E-state index contributed by atoms with van der Waals surface area (Å²) in [5, 5.41) is 3.10. The van der Waals surface area contributed by atoms with Gasteiger partial charge in [0.2, 0.25) is 0 Å². The highest BCUT2D eigenvalue weighted by atomic mass is 79.9. The molecule has 0 aliphatic heterocycles. The molecule has 0 aromatic heterocycles. The average Bonchev–Trinajstić information content (AvgIpc) is 2.68. The summed E-state index contributed by atoms with van der Waals surface area (Å²) in [6.45, 7) is 0. The lowest BCUT2D eigenvalue weighted by molar-refractivity contribution is 1.42. The van der Waals surface area contributed by atoms with Crippen molar-refractivity contribution in [2.45, 2.75) is 10.6 Å². The predicted molar refractivity (Wildman–Crippen MR) is 120 cm³/mol. The lowest BCUT2D eigenvalue weighted by Gasteiger charge is -2.03. The molecule has 0 heterocycles. The Morgan fingerprint density at radius 1 is 0.885 bits per heavy atom. The normalized spacial score (nSPS) is 11.8. The van der Waals surface area contributed by atoms with Crippen LogP contribution in [0.2, 0.25) is 0 Å². The van der Waals surface area contributed by atoms with Crippen molar-refractivity contribution in [1.82, 2.24) is 0 Å². The molecule has 0 spiro atoms. The molecule has 0 fully saturated rings. The monoisotopic (exact) mass is 439 g/mol. The molecular weight excluding hydrogens is 422 g/mol. The van der Waals surface area contributed by atoms with Crippen LogP contribution in [0.1, 0.15) is 5.56 Å². The maximum Gasteiger partial charge on any atom is 0.0975 e. The minimum absolute atomic E-state index is 0.901. The van der Waals surface area contributed by atoms with E-state index < -0.39 is 0 Å². The standard InChI is InChI=1S/C22H18BrNS2/c23-19-10-7-13-21(16-19)25-15-14-22(24-20-11-5-2-6-12-20)26-17-18-8-3-1-4-9-18/h1-16H,17H2. The number of nitrogens with zero attached hydrogens (tertiary/aromatic N) is 1. The summed E-state index contributed by atoms with van der Waals surface area (Å²) in [5.41, 5.74) is 2.27. The minimum Gasteiger partial charge on any atom is -0.242 e. The Hall–Kier alpha value is -1.75. The molecule has 0 amide bonds. The summed E-state index contributed by atoms with van der Waals surface area (Å²) in [7, 11) is 0. The van der Waals surface area contributed by atoms with E-state index in [4.69, 9.17) is 4.99 Å². The van der Waals surface area contributed by atoms with Gasteiger partial charge in [-0.1, -0.05) is 82.3 Å². The second-order valence-corrected chi connectivity index (χ2v) is 8.33. The van der Waals surface area contributed by atoms with Gasteiger partial charge in [-0.25, -0.2) is 4.99 Å². The zero-order chi connectivity index (χ0) is 18.0. The van der Waals surface area contributed by atoms with Gasteiger partial charge in [0.15, 0.2) is 0 Å². The number of hydrogen-bond acceptors (Lipinski definition) is 3. The van der Waals surface area contributed by atoms with Crippen molar-refractivity contribution in [2.75, 3.05) is 0 Å². The van der Waals surface area contributed by atoms with Crippen molar-refractivity contribution in [2.24, 2.45) is 4.99 Å². The molecule has 0 saturated carbocycles. The Morgan fingerprint density at radius 2 is 1.62 bits per heavy atom. The number of hydrogen-bond donors (Lipinski definition) is 0. The molecule has 130 valence electrons. The summed E-state index contributed by atoms with van der Waals surface area (Å²) in [6.07, 6.45) is 2.09. The van der Waals surface area contributed by atoms with Crippen LogP contribution in [0.25, 0.3) is 0 Å². The Bertz CT molecular complexity index is 877. The molecule has 26 heavy (non-hydrogen) atoms. The Balaban J connectivity index is 1.71. The van der Waals surface area contributed by atoms with Crippen molar-refractivity contribution in [3.63, 3.8) is 0 Å². The second-order valence-electron chi connectivity index (χ2n) is 5.44. The summed E-state index contributed by atoms with van der Waals surface area (Å²) >= 11 is 6.95. The van der Waals surface area contributed by atoms with Crippen LogP contribution in [0.15, 0.2) is 111 Å². The van der Waals surface area contributed by atoms with Crippen LogP contribution in [-0.2, 0) is 5.75 Å². The molecule has 0 saturated heterocycles. The number of aliphatic imine (C=N–C) groups is 1. The van der Waals surface area contributed by atoms with E-state index in [1.807, 2.05) is 48.5 Å². The van der Waals surface area contributed by atoms with Gasteiger partial charge in [-0.15, -0.1) is 11.8 Å². The smallest absolute Gasteiger partial charge is 0.0975 e. The van der Waals surface area contributed by atoms with Crippen molar-refractivity contribution in [3.05, 3.63) is 106 Å². The molecule has 0 N–H and O–H groups in total. The molecule has 0 atom stereocenters. The van der Waals surface area contributed by atoms with Crippen LogP contribution < -0.4 is 0 Å². The molecule has 3 aromatic rings. The fraction of sp³-hybridized carbons (Fsp3) is 0.0455. The summed E-state index contributed by atoms with van der Waals surface area (Å²) < 4.78 is 1.09. The topological polar surface area (TPSA) is 12.4 Å². The van der Waals surface area contributed by atoms with Gasteiger partial charge in [-0.2, -0.15) is 0 Å². The van der Waals surface area contributed by atoms with Gasteiger partial charge in [-0.05, 0) is 47.4 Å². The summed E-state index contributed by atoms with van der Waals surface area (Å²) in [6, 6.07) is 28.9. The van der Waals surface area contributed by atoms with Crippen molar-refractivity contribution >= 4 is 50.2 Å². The summed E-state index contributed by atoms with van der Waals surface area (Å²) in [4.78, 5) is 5.99. The molecule has 0 aliphatic carbocycles. The van der Waals surface area contributed by atoms with E-state index in [2.05, 4.69) is 63.8 Å². The number of para-hydroxylation sites is 1. The van der Waals surface area contributed by atoms with Crippen LogP contribution in [0.3, 0.4) is 0 Å². The minimum atomic E-state index is 0.901. The first-order valence-corrected chi connectivity index (χ1v) is 10.8. The first-order chi connectivity index (χ1) is 12.8. The highest BCUT2D eigenvalue weighted by molar-refractivity contribution is 9.10. The molecule has 0 aliphatic rings. The van der Waals surface area contributed by atoms with Gasteiger partial charge >= 0.3 is 0 Å². The van der Waals surface area contributed by atoms with Gasteiger partial charge in [0, 0.05) is 15.1 Å². The zero-order valence-corrected chi connectivity index (χ0v) is 17.3. The third kappa shape index (κ3) is 6.52. The van der Waals surface area contributed by atoms with Crippen LogP contribution in [0.5, 0.6) is 0 Å². The number of rotatable bonds is 6. The third-order valence-electron chi connectivity index (χ3n) is 3.44. The van der Waals surface area contributed by atoms with E-state index >= 15 is 0 Å². The van der Waals surface area contributed by atoms with Crippen LogP contribution >= 0.6 is 39.5 Å². The predicted octanol–water partition coefficient (Wildman–Crippen LogP) is 7.72. The molecule has 3 aromatic carbocycles. The first kappa shape index (κ1) is 19.0. The highest BCUT2D eigenvalue weighted by Gasteiger charge is 2.00. The lowest BCUT2D eigenvalue weighted by Crippen LogP contribution is -1.88. The SMILES string of the molecule is Brc1cccc(SC=CC(=Nc2ccccc2)SCc2ccccc2)c1. The van der Waals surface area contributed by atoms with E-state index in [0.717, 1.165) is 21.0 Å². The van der Waals surface area contributed by atoms with Crippen LogP contribution in [0, 0.1) is 0 Å². The van der Waals surface area contributed by atoms with E-state index in [9.17, 15) is 0 Å². The highest BCUT2D eigenvalue weighted by Crippen LogP contribution is 2.25. The first-order valence-electron chi connectivity index (χ1n) is 8.19. The average molecular weight is 440 g/mol. The molecule has 1 nitrogen and oxygen atoms in total. The van der Waals surface area contributed by atoms with Crippen molar-refractivity contribution < 1.29 is 0 Å². The quantitative estimate of drug-likeness (QED) is 0.221. The maximum atomic E-state index is 4.79. The fourth-order valence-corrected chi connectivity index (χ4v) is 4.37. The lowest BCUT2D eigenvalue weighted by atomic mass is 10.2. The Labute approximate surface area is 171 Å². The summed E-state index contributed by atoms with van der Waals surface area (Å²) in [5.74, 6) is 0.901.